The lowest BCUT2D eigenvalue weighted by atomic mass is 9.96. The zero-order chi connectivity index (χ0) is 23.7. The Hall–Kier alpha value is -3.90. The van der Waals surface area contributed by atoms with Gasteiger partial charge < -0.3 is 9.15 Å². The van der Waals surface area contributed by atoms with Crippen LogP contribution in [0.5, 0.6) is 5.75 Å². The first-order valence-electron chi connectivity index (χ1n) is 11.1. The van der Waals surface area contributed by atoms with Crippen molar-refractivity contribution in [3.63, 3.8) is 0 Å². The van der Waals surface area contributed by atoms with Crippen molar-refractivity contribution in [2.75, 3.05) is 11.9 Å². The van der Waals surface area contributed by atoms with E-state index in [4.69, 9.17) is 9.15 Å². The highest BCUT2D eigenvalue weighted by atomic mass is 32.1. The summed E-state index contributed by atoms with van der Waals surface area (Å²) in [5.74, 6) is 0.455. The predicted molar refractivity (Wildman–Crippen MR) is 139 cm³/mol. The minimum atomic E-state index is -0.226. The minimum Gasteiger partial charge on any atom is -0.493 e. The average molecular weight is 469 g/mol. The van der Waals surface area contributed by atoms with Gasteiger partial charge in [-0.2, -0.15) is 0 Å². The van der Waals surface area contributed by atoms with Gasteiger partial charge in [0.25, 0.3) is 0 Å². The van der Waals surface area contributed by atoms with Crippen LogP contribution < -0.4 is 10.1 Å². The molecule has 0 bridgehead atoms. The number of hydrogen-bond donors (Lipinski definition) is 1. The van der Waals surface area contributed by atoms with Crippen LogP contribution in [-0.4, -0.2) is 17.5 Å². The predicted octanol–water partition coefficient (Wildman–Crippen LogP) is 7.46. The molecule has 0 saturated carbocycles. The Balaban J connectivity index is 1.59. The van der Waals surface area contributed by atoms with E-state index in [1.54, 1.807) is 12.3 Å². The largest absolute Gasteiger partial charge is 0.493 e. The molecule has 170 valence electrons. The summed E-state index contributed by atoms with van der Waals surface area (Å²) in [6.45, 7) is 6.25. The third-order valence-corrected chi connectivity index (χ3v) is 6.55. The number of benzene rings is 3. The number of aryl methyl sites for hydroxylation is 1. The van der Waals surface area contributed by atoms with Crippen molar-refractivity contribution in [3.05, 3.63) is 83.6 Å². The first-order chi connectivity index (χ1) is 16.5. The molecular weight excluding hydrogens is 444 g/mol. The molecule has 5 aromatic rings. The van der Waals surface area contributed by atoms with E-state index in [1.807, 2.05) is 50.4 Å². The third-order valence-electron chi connectivity index (χ3n) is 5.68. The number of carbonyl (C=O) groups excluding carboxylic acids is 1. The zero-order valence-corrected chi connectivity index (χ0v) is 20.0. The maximum Gasteiger partial charge on any atom is 0.250 e. The molecule has 1 amide bonds. The lowest BCUT2D eigenvalue weighted by molar-refractivity contribution is -0.111. The van der Waals surface area contributed by atoms with E-state index in [2.05, 4.69) is 40.6 Å². The van der Waals surface area contributed by atoms with Gasteiger partial charge >= 0.3 is 0 Å². The van der Waals surface area contributed by atoms with Crippen molar-refractivity contribution < 1.29 is 13.9 Å². The van der Waals surface area contributed by atoms with E-state index in [9.17, 15) is 4.79 Å². The number of carbonyl (C=O) groups is 1. The van der Waals surface area contributed by atoms with Gasteiger partial charge in [-0.05, 0) is 48.7 Å². The second-order valence-corrected chi connectivity index (χ2v) is 8.92. The molecule has 5 nitrogen and oxygen atoms in total. The highest BCUT2D eigenvalue weighted by Gasteiger charge is 2.16. The standard InChI is InChI=1S/C28H24N2O3S/c1-4-32-25-14-26-23(13-22(25)17(2)12-27(31)30-28-29-18(3)16-34-28)24(15-33-26)21-11-7-9-19-8-5-6-10-20(19)21/h5-16H,4H2,1-3H3,(H,29,30,31)/b17-12+. The first-order valence-corrected chi connectivity index (χ1v) is 12.0. The minimum absolute atomic E-state index is 0.226. The average Bonchev–Trinajstić information content (AvgIpc) is 3.43. The van der Waals surface area contributed by atoms with Gasteiger partial charge in [-0.25, -0.2) is 4.98 Å². The number of thiazole rings is 1. The number of furan rings is 1. The molecule has 34 heavy (non-hydrogen) atoms. The van der Waals surface area contributed by atoms with Crippen LogP contribution in [0.2, 0.25) is 0 Å². The van der Waals surface area contributed by atoms with E-state index in [0.29, 0.717) is 17.5 Å². The summed E-state index contributed by atoms with van der Waals surface area (Å²) in [4.78, 5) is 16.9. The van der Waals surface area contributed by atoms with Crippen molar-refractivity contribution in [2.45, 2.75) is 20.8 Å². The number of anilines is 1. The van der Waals surface area contributed by atoms with Crippen LogP contribution in [0.25, 0.3) is 38.4 Å². The maximum atomic E-state index is 12.6. The van der Waals surface area contributed by atoms with E-state index in [1.165, 1.54) is 16.7 Å². The lowest BCUT2D eigenvalue weighted by Crippen LogP contribution is -2.08. The van der Waals surface area contributed by atoms with Crippen LogP contribution in [0.3, 0.4) is 0 Å². The van der Waals surface area contributed by atoms with Gasteiger partial charge in [0.05, 0.1) is 18.6 Å². The van der Waals surface area contributed by atoms with Crippen LogP contribution in [-0.2, 0) is 4.79 Å². The number of ether oxygens (including phenoxy) is 1. The van der Waals surface area contributed by atoms with Gasteiger partial charge in [0, 0.05) is 34.0 Å². The fraction of sp³-hybridized carbons (Fsp3) is 0.143. The Morgan fingerprint density at radius 2 is 1.94 bits per heavy atom. The van der Waals surface area contributed by atoms with Crippen LogP contribution in [0.1, 0.15) is 25.1 Å². The van der Waals surface area contributed by atoms with Gasteiger partial charge in [0.15, 0.2) is 5.13 Å². The molecule has 0 aliphatic rings. The number of allylic oxidation sites excluding steroid dienone is 1. The first kappa shape index (κ1) is 21.9. The Morgan fingerprint density at radius 3 is 2.74 bits per heavy atom. The fourth-order valence-electron chi connectivity index (χ4n) is 4.13. The molecule has 2 heterocycles. The molecule has 0 atom stereocenters. The highest BCUT2D eigenvalue weighted by Crippen LogP contribution is 2.39. The molecule has 6 heteroatoms. The van der Waals surface area contributed by atoms with E-state index in [-0.39, 0.29) is 5.91 Å². The molecule has 1 N–H and O–H groups in total. The number of rotatable bonds is 6. The summed E-state index contributed by atoms with van der Waals surface area (Å²) in [7, 11) is 0. The molecule has 3 aromatic carbocycles. The van der Waals surface area contributed by atoms with Crippen molar-refractivity contribution in [1.82, 2.24) is 4.98 Å². The summed E-state index contributed by atoms with van der Waals surface area (Å²) in [5.41, 5.74) is 5.37. The Kier molecular flexibility index (Phi) is 5.90. The Bertz CT molecular complexity index is 1540. The van der Waals surface area contributed by atoms with Gasteiger partial charge in [0.1, 0.15) is 11.3 Å². The Labute approximate surface area is 201 Å². The third kappa shape index (κ3) is 4.20. The quantitative estimate of drug-likeness (QED) is 0.263. The van der Waals surface area contributed by atoms with E-state index < -0.39 is 0 Å². The SMILES string of the molecule is CCOc1cc2occ(-c3cccc4ccccc34)c2cc1/C(C)=C/C(=O)Nc1nc(C)cs1. The highest BCUT2D eigenvalue weighted by molar-refractivity contribution is 7.13. The molecule has 0 aliphatic carbocycles. The number of hydrogen-bond acceptors (Lipinski definition) is 5. The van der Waals surface area contributed by atoms with Crippen LogP contribution >= 0.6 is 11.3 Å². The number of nitrogens with zero attached hydrogens (tertiary/aromatic N) is 1. The molecule has 0 saturated heterocycles. The van der Waals surface area contributed by atoms with Gasteiger partial charge in [-0.15, -0.1) is 11.3 Å². The van der Waals surface area contributed by atoms with Crippen LogP contribution in [0.15, 0.2) is 76.7 Å². The monoisotopic (exact) mass is 468 g/mol. The van der Waals surface area contributed by atoms with Gasteiger partial charge in [-0.3, -0.25) is 10.1 Å². The second-order valence-electron chi connectivity index (χ2n) is 8.06. The lowest BCUT2D eigenvalue weighted by Gasteiger charge is -2.12. The van der Waals surface area contributed by atoms with Gasteiger partial charge in [0.2, 0.25) is 5.91 Å². The normalized spacial score (nSPS) is 11.8. The van der Waals surface area contributed by atoms with Crippen molar-refractivity contribution in [2.24, 2.45) is 0 Å². The summed E-state index contributed by atoms with van der Waals surface area (Å²) in [6, 6.07) is 18.5. The zero-order valence-electron chi connectivity index (χ0n) is 19.2. The number of aromatic nitrogens is 1. The molecule has 0 unspecified atom stereocenters. The summed E-state index contributed by atoms with van der Waals surface area (Å²) >= 11 is 1.41. The van der Waals surface area contributed by atoms with Crippen molar-refractivity contribution >= 4 is 49.7 Å². The van der Waals surface area contributed by atoms with Crippen LogP contribution in [0, 0.1) is 6.92 Å². The van der Waals surface area contributed by atoms with Gasteiger partial charge in [-0.1, -0.05) is 42.5 Å². The van der Waals surface area contributed by atoms with Crippen LogP contribution in [0.4, 0.5) is 5.13 Å². The molecule has 0 spiro atoms. The second kappa shape index (κ2) is 9.15. The summed E-state index contributed by atoms with van der Waals surface area (Å²) in [6.07, 6.45) is 3.38. The summed E-state index contributed by atoms with van der Waals surface area (Å²) < 4.78 is 11.9. The van der Waals surface area contributed by atoms with E-state index >= 15 is 0 Å². The van der Waals surface area contributed by atoms with Crippen molar-refractivity contribution in [3.8, 4) is 16.9 Å². The fourth-order valence-corrected chi connectivity index (χ4v) is 4.83. The molecule has 2 aromatic heterocycles. The molecule has 0 fully saturated rings. The number of nitrogens with one attached hydrogen (secondary N) is 1. The summed E-state index contributed by atoms with van der Waals surface area (Å²) in [5, 5.41) is 8.63. The smallest absolute Gasteiger partial charge is 0.250 e. The maximum absolute atomic E-state index is 12.6. The number of fused-ring (bicyclic) bond motifs is 2. The Morgan fingerprint density at radius 1 is 1.12 bits per heavy atom. The van der Waals surface area contributed by atoms with E-state index in [0.717, 1.165) is 44.3 Å². The number of amides is 1. The topological polar surface area (TPSA) is 64.4 Å². The molecular formula is C28H24N2O3S. The van der Waals surface area contributed by atoms with Crippen molar-refractivity contribution in [1.29, 1.82) is 0 Å². The molecule has 5 rings (SSSR count). The molecule has 0 aliphatic heterocycles. The molecule has 0 radical (unpaired) electrons.